The molecule has 0 radical (unpaired) electrons. The van der Waals surface area contributed by atoms with Crippen molar-refractivity contribution in [2.45, 2.75) is 20.8 Å². The number of hydrogen-bond donors (Lipinski definition) is 0. The first-order chi connectivity index (χ1) is 7.08. The Morgan fingerprint density at radius 1 is 1.13 bits per heavy atom. The van der Waals surface area contributed by atoms with Gasteiger partial charge in [-0.1, -0.05) is 5.16 Å². The van der Waals surface area contributed by atoms with Crippen LogP contribution in [0, 0.1) is 24.3 Å². The standard InChI is InChI=1S/C11H11IN2O/c1-6-4-9(5-7(2)10(6)12)11-13-8(3)15-14-11/h4-5H,1-3H3. The normalized spacial score (nSPS) is 10.7. The zero-order chi connectivity index (χ0) is 11.0. The van der Waals surface area contributed by atoms with Crippen LogP contribution in [0.1, 0.15) is 17.0 Å². The summed E-state index contributed by atoms with van der Waals surface area (Å²) in [6.07, 6.45) is 0. The molecule has 0 aliphatic carbocycles. The quantitative estimate of drug-likeness (QED) is 0.758. The average Bonchev–Trinajstić information content (AvgIpc) is 2.60. The molecule has 1 heterocycles. The lowest BCUT2D eigenvalue weighted by atomic mass is 10.1. The van der Waals surface area contributed by atoms with Crippen molar-refractivity contribution in [1.29, 1.82) is 0 Å². The van der Waals surface area contributed by atoms with Crippen molar-refractivity contribution in [1.82, 2.24) is 10.1 Å². The molecule has 78 valence electrons. The van der Waals surface area contributed by atoms with Crippen LogP contribution in [0.15, 0.2) is 16.7 Å². The predicted molar refractivity (Wildman–Crippen MR) is 66.7 cm³/mol. The van der Waals surface area contributed by atoms with Gasteiger partial charge in [0.15, 0.2) is 0 Å². The lowest BCUT2D eigenvalue weighted by Crippen LogP contribution is -1.89. The Morgan fingerprint density at radius 2 is 1.73 bits per heavy atom. The SMILES string of the molecule is Cc1nc(-c2cc(C)c(I)c(C)c2)no1. The maximum atomic E-state index is 4.97. The molecule has 0 spiro atoms. The van der Waals surface area contributed by atoms with Crippen molar-refractivity contribution in [2.75, 3.05) is 0 Å². The lowest BCUT2D eigenvalue weighted by Gasteiger charge is -2.04. The zero-order valence-electron chi connectivity index (χ0n) is 8.84. The van der Waals surface area contributed by atoms with Crippen molar-refractivity contribution in [2.24, 2.45) is 0 Å². The van der Waals surface area contributed by atoms with Crippen LogP contribution < -0.4 is 0 Å². The van der Waals surface area contributed by atoms with Gasteiger partial charge in [0.2, 0.25) is 11.7 Å². The number of rotatable bonds is 1. The minimum Gasteiger partial charge on any atom is -0.339 e. The van der Waals surface area contributed by atoms with Crippen LogP contribution in [-0.2, 0) is 0 Å². The Morgan fingerprint density at radius 3 is 2.20 bits per heavy atom. The summed E-state index contributed by atoms with van der Waals surface area (Å²) in [5.74, 6) is 1.26. The van der Waals surface area contributed by atoms with Gasteiger partial charge in [0.1, 0.15) is 0 Å². The van der Waals surface area contributed by atoms with Crippen molar-refractivity contribution < 1.29 is 4.52 Å². The number of aromatic nitrogens is 2. The monoisotopic (exact) mass is 314 g/mol. The second-order valence-corrected chi connectivity index (χ2v) is 4.64. The van der Waals surface area contributed by atoms with E-state index >= 15 is 0 Å². The second-order valence-electron chi connectivity index (χ2n) is 3.56. The van der Waals surface area contributed by atoms with E-state index in [0.29, 0.717) is 11.7 Å². The number of aryl methyl sites for hydroxylation is 3. The van der Waals surface area contributed by atoms with Crippen LogP contribution >= 0.6 is 22.6 Å². The molecule has 4 heteroatoms. The highest BCUT2D eigenvalue weighted by atomic mass is 127. The zero-order valence-corrected chi connectivity index (χ0v) is 11.0. The number of nitrogens with zero attached hydrogens (tertiary/aromatic N) is 2. The molecule has 1 aromatic carbocycles. The Balaban J connectivity index is 2.55. The van der Waals surface area contributed by atoms with Crippen LogP contribution in [0.3, 0.4) is 0 Å². The minimum absolute atomic E-state index is 0.596. The molecule has 0 N–H and O–H groups in total. The van der Waals surface area contributed by atoms with Gasteiger partial charge in [-0.15, -0.1) is 0 Å². The summed E-state index contributed by atoms with van der Waals surface area (Å²) < 4.78 is 6.25. The summed E-state index contributed by atoms with van der Waals surface area (Å²) in [6.45, 7) is 5.97. The minimum atomic E-state index is 0.596. The first-order valence-corrected chi connectivity index (χ1v) is 5.73. The molecular formula is C11H11IN2O. The first kappa shape index (κ1) is 10.6. The van der Waals surface area contributed by atoms with Crippen molar-refractivity contribution in [3.8, 4) is 11.4 Å². The van der Waals surface area contributed by atoms with E-state index in [-0.39, 0.29) is 0 Å². The van der Waals surface area contributed by atoms with E-state index in [2.05, 4.69) is 58.7 Å². The molecule has 2 rings (SSSR count). The highest BCUT2D eigenvalue weighted by Gasteiger charge is 2.08. The van der Waals surface area contributed by atoms with Crippen LogP contribution in [-0.4, -0.2) is 10.1 Å². The van der Waals surface area contributed by atoms with Gasteiger partial charge in [-0.3, -0.25) is 0 Å². The van der Waals surface area contributed by atoms with Crippen LogP contribution in [0.5, 0.6) is 0 Å². The van der Waals surface area contributed by atoms with Gasteiger partial charge in [-0.2, -0.15) is 4.98 Å². The number of hydrogen-bond acceptors (Lipinski definition) is 3. The summed E-state index contributed by atoms with van der Waals surface area (Å²) in [5.41, 5.74) is 3.50. The van der Waals surface area contributed by atoms with Crippen LogP contribution in [0.25, 0.3) is 11.4 Å². The van der Waals surface area contributed by atoms with Gasteiger partial charge in [-0.25, -0.2) is 0 Å². The summed E-state index contributed by atoms with van der Waals surface area (Å²) in [5, 5.41) is 3.91. The third-order valence-corrected chi connectivity index (χ3v) is 3.92. The average molecular weight is 314 g/mol. The van der Waals surface area contributed by atoms with Gasteiger partial charge < -0.3 is 4.52 Å². The van der Waals surface area contributed by atoms with Gasteiger partial charge >= 0.3 is 0 Å². The van der Waals surface area contributed by atoms with Crippen molar-refractivity contribution >= 4 is 22.6 Å². The van der Waals surface area contributed by atoms with Gasteiger partial charge in [0.05, 0.1) is 0 Å². The second kappa shape index (κ2) is 3.92. The molecule has 0 saturated heterocycles. The van der Waals surface area contributed by atoms with Gasteiger partial charge in [-0.05, 0) is 59.7 Å². The summed E-state index contributed by atoms with van der Waals surface area (Å²) in [7, 11) is 0. The van der Waals surface area contributed by atoms with E-state index in [1.165, 1.54) is 14.7 Å². The maximum Gasteiger partial charge on any atom is 0.223 e. The third-order valence-electron chi connectivity index (χ3n) is 2.22. The molecule has 0 bridgehead atoms. The van der Waals surface area contributed by atoms with Crippen LogP contribution in [0.2, 0.25) is 0 Å². The van der Waals surface area contributed by atoms with E-state index in [1.807, 2.05) is 0 Å². The van der Waals surface area contributed by atoms with E-state index in [4.69, 9.17) is 4.52 Å². The molecule has 15 heavy (non-hydrogen) atoms. The highest BCUT2D eigenvalue weighted by Crippen LogP contribution is 2.24. The van der Waals surface area contributed by atoms with Crippen molar-refractivity contribution in [3.63, 3.8) is 0 Å². The molecule has 0 aliphatic heterocycles. The Bertz CT molecular complexity index is 482. The van der Waals surface area contributed by atoms with E-state index in [0.717, 1.165) is 5.56 Å². The van der Waals surface area contributed by atoms with Gasteiger partial charge in [0, 0.05) is 16.1 Å². The number of benzene rings is 1. The largest absolute Gasteiger partial charge is 0.339 e. The molecule has 0 atom stereocenters. The fourth-order valence-electron chi connectivity index (χ4n) is 1.49. The summed E-state index contributed by atoms with van der Waals surface area (Å²) >= 11 is 2.35. The Labute approximate surface area is 102 Å². The third kappa shape index (κ3) is 2.04. The lowest BCUT2D eigenvalue weighted by molar-refractivity contribution is 0.394. The van der Waals surface area contributed by atoms with E-state index < -0.39 is 0 Å². The Kier molecular flexibility index (Phi) is 2.77. The maximum absolute atomic E-state index is 4.97. The van der Waals surface area contributed by atoms with Gasteiger partial charge in [0.25, 0.3) is 0 Å². The highest BCUT2D eigenvalue weighted by molar-refractivity contribution is 14.1. The summed E-state index contributed by atoms with van der Waals surface area (Å²) in [6, 6.07) is 4.16. The fraction of sp³-hybridized carbons (Fsp3) is 0.273. The Hall–Kier alpha value is -0.910. The van der Waals surface area contributed by atoms with E-state index in [1.54, 1.807) is 6.92 Å². The molecule has 0 unspecified atom stereocenters. The topological polar surface area (TPSA) is 38.9 Å². The van der Waals surface area contributed by atoms with Crippen LogP contribution in [0.4, 0.5) is 0 Å². The number of halogens is 1. The van der Waals surface area contributed by atoms with E-state index in [9.17, 15) is 0 Å². The molecule has 2 aromatic rings. The molecule has 0 fully saturated rings. The predicted octanol–water partition coefficient (Wildman–Crippen LogP) is 3.27. The molecule has 0 aliphatic rings. The van der Waals surface area contributed by atoms with Crippen molar-refractivity contribution in [3.05, 3.63) is 32.7 Å². The fourth-order valence-corrected chi connectivity index (χ4v) is 1.80. The smallest absolute Gasteiger partial charge is 0.223 e. The molecular weight excluding hydrogens is 303 g/mol. The molecule has 1 aromatic heterocycles. The molecule has 0 amide bonds. The molecule has 3 nitrogen and oxygen atoms in total. The molecule has 0 saturated carbocycles. The first-order valence-electron chi connectivity index (χ1n) is 4.65. The summed E-state index contributed by atoms with van der Waals surface area (Å²) in [4.78, 5) is 4.21.